The number of benzene rings is 1. The first kappa shape index (κ1) is 16.5. The van der Waals surface area contributed by atoms with Gasteiger partial charge in [-0.3, -0.25) is 4.79 Å². The van der Waals surface area contributed by atoms with Crippen LogP contribution in [0.2, 0.25) is 0 Å². The van der Waals surface area contributed by atoms with Crippen molar-refractivity contribution in [2.45, 2.75) is 20.0 Å². The van der Waals surface area contributed by atoms with Crippen LogP contribution in [-0.2, 0) is 27.7 Å². The molecule has 0 spiro atoms. The highest BCUT2D eigenvalue weighted by atomic mass is 32.2. The summed E-state index contributed by atoms with van der Waals surface area (Å²) in [5.74, 6) is -0.285. The van der Waals surface area contributed by atoms with E-state index in [4.69, 9.17) is 5.73 Å². The molecule has 1 amide bonds. The van der Waals surface area contributed by atoms with Crippen LogP contribution in [0.5, 0.6) is 0 Å². The molecule has 2 rings (SSSR count). The highest BCUT2D eigenvalue weighted by Gasteiger charge is 2.14. The van der Waals surface area contributed by atoms with Crippen LogP contribution < -0.4 is 11.1 Å². The standard InChI is InChI=1S/C15H21N3O3S/c1-11-13(9-17-7-8-22(2,20)21)12-5-3-4-6-14(12)18(11)10-15(16)19/h3-6,17H,7-10H2,1-2H3,(H2,16,19). The Balaban J connectivity index is 2.25. The van der Waals surface area contributed by atoms with Crippen molar-refractivity contribution in [2.24, 2.45) is 5.73 Å². The quantitative estimate of drug-likeness (QED) is 0.728. The molecule has 1 heterocycles. The minimum Gasteiger partial charge on any atom is -0.368 e. The van der Waals surface area contributed by atoms with E-state index in [1.807, 2.05) is 35.8 Å². The molecule has 1 aromatic carbocycles. The van der Waals surface area contributed by atoms with Crippen molar-refractivity contribution in [2.75, 3.05) is 18.6 Å². The summed E-state index contributed by atoms with van der Waals surface area (Å²) in [6.45, 7) is 3.02. The van der Waals surface area contributed by atoms with Gasteiger partial charge in [-0.2, -0.15) is 0 Å². The normalized spacial score (nSPS) is 11.9. The number of para-hydroxylation sites is 1. The lowest BCUT2D eigenvalue weighted by Gasteiger charge is -2.07. The van der Waals surface area contributed by atoms with Gasteiger partial charge in [-0.1, -0.05) is 18.2 Å². The summed E-state index contributed by atoms with van der Waals surface area (Å²) in [5, 5.41) is 4.20. The third kappa shape index (κ3) is 3.86. The molecule has 0 unspecified atom stereocenters. The molecule has 0 atom stereocenters. The molecule has 6 nitrogen and oxygen atoms in total. The number of nitrogens with two attached hydrogens (primary N) is 1. The monoisotopic (exact) mass is 323 g/mol. The van der Waals surface area contributed by atoms with E-state index in [2.05, 4.69) is 5.32 Å². The maximum atomic E-state index is 11.3. The van der Waals surface area contributed by atoms with Crippen LogP contribution in [0.3, 0.4) is 0 Å². The number of nitrogens with one attached hydrogen (secondary N) is 1. The van der Waals surface area contributed by atoms with E-state index < -0.39 is 9.84 Å². The number of hydrogen-bond acceptors (Lipinski definition) is 4. The highest BCUT2D eigenvalue weighted by Crippen LogP contribution is 2.25. The van der Waals surface area contributed by atoms with Gasteiger partial charge in [0.25, 0.3) is 0 Å². The number of primary amides is 1. The first-order valence-electron chi connectivity index (χ1n) is 7.03. The van der Waals surface area contributed by atoms with E-state index in [-0.39, 0.29) is 18.2 Å². The molecule has 0 aliphatic heterocycles. The predicted octanol–water partition coefficient (Wildman–Crippen LogP) is 0.569. The van der Waals surface area contributed by atoms with Crippen molar-refractivity contribution in [3.05, 3.63) is 35.5 Å². The Labute approximate surface area is 130 Å². The fraction of sp³-hybridized carbons (Fsp3) is 0.400. The molecule has 3 N–H and O–H groups in total. The number of amides is 1. The summed E-state index contributed by atoms with van der Waals surface area (Å²) in [7, 11) is -2.97. The average Bonchev–Trinajstić information content (AvgIpc) is 2.67. The minimum absolute atomic E-state index is 0.103. The second kappa shape index (κ2) is 6.50. The Hall–Kier alpha value is -1.86. The molecule has 1 aromatic heterocycles. The van der Waals surface area contributed by atoms with Crippen molar-refractivity contribution < 1.29 is 13.2 Å². The number of carbonyl (C=O) groups is 1. The molecule has 0 aliphatic carbocycles. The van der Waals surface area contributed by atoms with E-state index in [0.29, 0.717) is 13.1 Å². The zero-order chi connectivity index (χ0) is 16.3. The van der Waals surface area contributed by atoms with Gasteiger partial charge in [0.05, 0.1) is 5.75 Å². The average molecular weight is 323 g/mol. The van der Waals surface area contributed by atoms with Gasteiger partial charge in [-0.05, 0) is 18.6 Å². The van der Waals surface area contributed by atoms with Gasteiger partial charge < -0.3 is 15.6 Å². The van der Waals surface area contributed by atoms with Crippen LogP contribution >= 0.6 is 0 Å². The van der Waals surface area contributed by atoms with E-state index >= 15 is 0 Å². The zero-order valence-electron chi connectivity index (χ0n) is 12.8. The minimum atomic E-state index is -2.97. The topological polar surface area (TPSA) is 94.2 Å². The van der Waals surface area contributed by atoms with Crippen LogP contribution in [0.4, 0.5) is 0 Å². The lowest BCUT2D eigenvalue weighted by molar-refractivity contribution is -0.118. The summed E-state index contributed by atoms with van der Waals surface area (Å²) in [6, 6.07) is 7.80. The van der Waals surface area contributed by atoms with E-state index in [9.17, 15) is 13.2 Å². The molecule has 2 aromatic rings. The maximum absolute atomic E-state index is 11.3. The van der Waals surface area contributed by atoms with Gasteiger partial charge in [-0.15, -0.1) is 0 Å². The van der Waals surface area contributed by atoms with Crippen LogP contribution in [0, 0.1) is 6.92 Å². The Morgan fingerprint density at radius 2 is 2.00 bits per heavy atom. The fourth-order valence-corrected chi connectivity index (χ4v) is 3.07. The summed E-state index contributed by atoms with van der Waals surface area (Å²) >= 11 is 0. The summed E-state index contributed by atoms with van der Waals surface area (Å²) in [5.41, 5.74) is 8.30. The summed E-state index contributed by atoms with van der Waals surface area (Å²) in [6.07, 6.45) is 1.22. The number of fused-ring (bicyclic) bond motifs is 1. The summed E-state index contributed by atoms with van der Waals surface area (Å²) in [4.78, 5) is 11.3. The van der Waals surface area contributed by atoms with Crippen molar-refractivity contribution >= 4 is 26.6 Å². The molecular formula is C15H21N3O3S. The van der Waals surface area contributed by atoms with Gasteiger partial charge in [0.15, 0.2) is 0 Å². The van der Waals surface area contributed by atoms with E-state index in [0.717, 1.165) is 22.2 Å². The van der Waals surface area contributed by atoms with Crippen molar-refractivity contribution in [1.82, 2.24) is 9.88 Å². The van der Waals surface area contributed by atoms with Crippen LogP contribution in [0.25, 0.3) is 10.9 Å². The molecule has 7 heteroatoms. The van der Waals surface area contributed by atoms with E-state index in [1.54, 1.807) is 0 Å². The Bertz CT molecular complexity index is 794. The molecule has 0 aliphatic rings. The number of rotatable bonds is 7. The van der Waals surface area contributed by atoms with E-state index in [1.165, 1.54) is 6.26 Å². The Morgan fingerprint density at radius 3 is 2.64 bits per heavy atom. The summed E-state index contributed by atoms with van der Waals surface area (Å²) < 4.78 is 24.2. The highest BCUT2D eigenvalue weighted by molar-refractivity contribution is 7.90. The second-order valence-corrected chi connectivity index (χ2v) is 7.70. The van der Waals surface area contributed by atoms with Crippen LogP contribution in [-0.4, -0.2) is 37.4 Å². The molecule has 22 heavy (non-hydrogen) atoms. The third-order valence-electron chi connectivity index (χ3n) is 3.63. The molecular weight excluding hydrogens is 302 g/mol. The number of sulfone groups is 1. The fourth-order valence-electron chi connectivity index (χ4n) is 2.56. The molecule has 120 valence electrons. The first-order valence-corrected chi connectivity index (χ1v) is 9.09. The maximum Gasteiger partial charge on any atom is 0.237 e. The van der Waals surface area contributed by atoms with Gasteiger partial charge in [0.1, 0.15) is 16.4 Å². The van der Waals surface area contributed by atoms with Gasteiger partial charge in [0, 0.05) is 35.9 Å². The van der Waals surface area contributed by atoms with Crippen molar-refractivity contribution in [3.63, 3.8) is 0 Å². The third-order valence-corrected chi connectivity index (χ3v) is 4.57. The molecule has 0 saturated heterocycles. The predicted molar refractivity (Wildman–Crippen MR) is 87.3 cm³/mol. The smallest absolute Gasteiger partial charge is 0.237 e. The van der Waals surface area contributed by atoms with Gasteiger partial charge in [0.2, 0.25) is 5.91 Å². The van der Waals surface area contributed by atoms with Crippen LogP contribution in [0.1, 0.15) is 11.3 Å². The second-order valence-electron chi connectivity index (χ2n) is 5.44. The zero-order valence-corrected chi connectivity index (χ0v) is 13.6. The lowest BCUT2D eigenvalue weighted by atomic mass is 10.1. The molecule has 0 bridgehead atoms. The number of aromatic nitrogens is 1. The van der Waals surface area contributed by atoms with Crippen molar-refractivity contribution in [1.29, 1.82) is 0 Å². The van der Waals surface area contributed by atoms with Crippen LogP contribution in [0.15, 0.2) is 24.3 Å². The Morgan fingerprint density at radius 1 is 1.32 bits per heavy atom. The van der Waals surface area contributed by atoms with Gasteiger partial charge >= 0.3 is 0 Å². The largest absolute Gasteiger partial charge is 0.368 e. The van der Waals surface area contributed by atoms with Crippen molar-refractivity contribution in [3.8, 4) is 0 Å². The number of hydrogen-bond donors (Lipinski definition) is 2. The first-order chi connectivity index (χ1) is 10.3. The number of carbonyl (C=O) groups excluding carboxylic acids is 1. The Kier molecular flexibility index (Phi) is 4.87. The number of nitrogens with zero attached hydrogens (tertiary/aromatic N) is 1. The molecule has 0 saturated carbocycles. The molecule has 0 fully saturated rings. The SMILES string of the molecule is Cc1c(CNCCS(C)(=O)=O)c2ccccc2n1CC(N)=O. The lowest BCUT2D eigenvalue weighted by Crippen LogP contribution is -2.22. The van der Waals surface area contributed by atoms with Gasteiger partial charge in [-0.25, -0.2) is 8.42 Å². The molecule has 0 radical (unpaired) electrons.